The van der Waals surface area contributed by atoms with Crippen LogP contribution >= 0.6 is 0 Å². The number of halogens is 1. The van der Waals surface area contributed by atoms with Crippen LogP contribution in [0.2, 0.25) is 0 Å². The number of nitrogens with zero attached hydrogens (tertiary/aromatic N) is 3. The summed E-state index contributed by atoms with van der Waals surface area (Å²) >= 11 is 0. The second kappa shape index (κ2) is 6.74. The number of aromatic nitrogens is 2. The van der Waals surface area contributed by atoms with E-state index in [-0.39, 0.29) is 17.3 Å². The highest BCUT2D eigenvalue weighted by Gasteiger charge is 2.43. The molecule has 1 saturated carbocycles. The molecule has 2 aliphatic rings. The molecule has 1 N–H and O–H groups in total. The average Bonchev–Trinajstić information content (AvgIpc) is 3.03. The molecule has 1 aromatic heterocycles. The van der Waals surface area contributed by atoms with Gasteiger partial charge in [-0.15, -0.1) is 0 Å². The minimum atomic E-state index is -0.205. The number of aryl methyl sites for hydroxylation is 1. The Kier molecular flexibility index (Phi) is 4.42. The molecule has 1 aromatic carbocycles. The fraction of sp³-hybridized carbons (Fsp3) is 0.500. The van der Waals surface area contributed by atoms with Crippen LogP contribution in [0.5, 0.6) is 0 Å². The molecular formula is C20H25FN4O. The number of likely N-dealkylation sites (tertiary alicyclic amines) is 1. The quantitative estimate of drug-likeness (QED) is 0.895. The van der Waals surface area contributed by atoms with Crippen molar-refractivity contribution in [1.29, 1.82) is 0 Å². The molecule has 5 nitrogen and oxygen atoms in total. The predicted octanol–water partition coefficient (Wildman–Crippen LogP) is 3.08. The van der Waals surface area contributed by atoms with Gasteiger partial charge in [0.15, 0.2) is 0 Å². The molecule has 6 heteroatoms. The fourth-order valence-corrected chi connectivity index (χ4v) is 3.93. The summed E-state index contributed by atoms with van der Waals surface area (Å²) in [6, 6.07) is 6.72. The number of urea groups is 1. The van der Waals surface area contributed by atoms with Crippen molar-refractivity contribution in [3.05, 3.63) is 53.9 Å². The second-order valence-corrected chi connectivity index (χ2v) is 7.79. The third-order valence-corrected chi connectivity index (χ3v) is 5.76. The Morgan fingerprint density at radius 2 is 2.12 bits per heavy atom. The molecule has 2 amide bonds. The van der Waals surface area contributed by atoms with Crippen molar-refractivity contribution >= 4 is 6.03 Å². The van der Waals surface area contributed by atoms with Crippen LogP contribution in [-0.2, 0) is 13.5 Å². The summed E-state index contributed by atoms with van der Waals surface area (Å²) in [6.45, 7) is 2.18. The number of carbonyl (C=O) groups excluding carboxylic acids is 1. The Morgan fingerprint density at radius 3 is 2.77 bits per heavy atom. The van der Waals surface area contributed by atoms with E-state index in [9.17, 15) is 9.18 Å². The van der Waals surface area contributed by atoms with Crippen LogP contribution in [0.15, 0.2) is 36.7 Å². The minimum Gasteiger partial charge on any atom is -0.338 e. The number of hydrogen-bond acceptors (Lipinski definition) is 2. The summed E-state index contributed by atoms with van der Waals surface area (Å²) < 4.78 is 15.1. The molecule has 1 atom stereocenters. The van der Waals surface area contributed by atoms with Crippen molar-refractivity contribution in [2.75, 3.05) is 19.6 Å². The molecule has 1 saturated heterocycles. The maximum Gasteiger partial charge on any atom is 0.317 e. The molecule has 1 unspecified atom stereocenters. The summed E-state index contributed by atoms with van der Waals surface area (Å²) in [5.41, 5.74) is 1.28. The van der Waals surface area contributed by atoms with Crippen molar-refractivity contribution in [3.63, 3.8) is 0 Å². The standard InChI is InChI=1S/C20H25FN4O/c1-24-11-9-22-18(24)16-6-10-25(13-16)19(26)23-14-20(7-8-20)12-15-2-4-17(21)5-3-15/h2-5,9,11,16H,6-8,10,12-14H2,1H3,(H,23,26). The molecule has 26 heavy (non-hydrogen) atoms. The van der Waals surface area contributed by atoms with Crippen LogP contribution in [0.3, 0.4) is 0 Å². The maximum atomic E-state index is 13.1. The molecule has 2 heterocycles. The Hall–Kier alpha value is -2.37. The Balaban J connectivity index is 1.29. The van der Waals surface area contributed by atoms with E-state index in [4.69, 9.17) is 0 Å². The Bertz CT molecular complexity index is 781. The van der Waals surface area contributed by atoms with Crippen LogP contribution in [0.25, 0.3) is 0 Å². The van der Waals surface area contributed by atoms with Gasteiger partial charge in [0.1, 0.15) is 11.6 Å². The van der Waals surface area contributed by atoms with E-state index in [0.29, 0.717) is 12.5 Å². The molecule has 2 aromatic rings. The smallest absolute Gasteiger partial charge is 0.317 e. The van der Waals surface area contributed by atoms with Crippen LogP contribution in [-0.4, -0.2) is 40.1 Å². The molecule has 138 valence electrons. The SMILES string of the molecule is Cn1ccnc1C1CCN(C(=O)NCC2(Cc3ccc(F)cc3)CC2)C1. The number of rotatable bonds is 5. The second-order valence-electron chi connectivity index (χ2n) is 7.79. The van der Waals surface area contributed by atoms with Gasteiger partial charge >= 0.3 is 6.03 Å². The molecule has 1 aliphatic carbocycles. The van der Waals surface area contributed by atoms with E-state index in [2.05, 4.69) is 10.3 Å². The van der Waals surface area contributed by atoms with Gasteiger partial charge in [0.25, 0.3) is 0 Å². The molecule has 2 fully saturated rings. The number of benzene rings is 1. The summed E-state index contributed by atoms with van der Waals surface area (Å²) in [5.74, 6) is 1.16. The van der Waals surface area contributed by atoms with Crippen molar-refractivity contribution < 1.29 is 9.18 Å². The largest absolute Gasteiger partial charge is 0.338 e. The first kappa shape index (κ1) is 17.1. The Morgan fingerprint density at radius 1 is 1.35 bits per heavy atom. The van der Waals surface area contributed by atoms with E-state index >= 15 is 0 Å². The number of hydrogen-bond donors (Lipinski definition) is 1. The lowest BCUT2D eigenvalue weighted by atomic mass is 9.96. The highest BCUT2D eigenvalue weighted by atomic mass is 19.1. The van der Waals surface area contributed by atoms with E-state index in [1.165, 1.54) is 12.1 Å². The molecular weight excluding hydrogens is 331 g/mol. The fourth-order valence-electron chi connectivity index (χ4n) is 3.93. The van der Waals surface area contributed by atoms with Gasteiger partial charge in [-0.25, -0.2) is 14.2 Å². The van der Waals surface area contributed by atoms with Gasteiger partial charge in [-0.3, -0.25) is 0 Å². The van der Waals surface area contributed by atoms with Gasteiger partial charge < -0.3 is 14.8 Å². The first-order valence-corrected chi connectivity index (χ1v) is 9.29. The van der Waals surface area contributed by atoms with Crippen LogP contribution in [0.4, 0.5) is 9.18 Å². The maximum absolute atomic E-state index is 13.1. The zero-order valence-corrected chi connectivity index (χ0v) is 15.1. The van der Waals surface area contributed by atoms with Gasteiger partial charge in [-0.1, -0.05) is 12.1 Å². The average molecular weight is 356 g/mol. The first-order chi connectivity index (χ1) is 12.5. The predicted molar refractivity (Wildman–Crippen MR) is 97.3 cm³/mol. The van der Waals surface area contributed by atoms with Crippen molar-refractivity contribution in [3.8, 4) is 0 Å². The van der Waals surface area contributed by atoms with Gasteiger partial charge in [-0.2, -0.15) is 0 Å². The van der Waals surface area contributed by atoms with Crippen LogP contribution < -0.4 is 5.32 Å². The van der Waals surface area contributed by atoms with E-state index < -0.39 is 0 Å². The number of imidazole rings is 1. The normalized spacial score (nSPS) is 21.0. The summed E-state index contributed by atoms with van der Waals surface area (Å²) in [7, 11) is 2.00. The summed E-state index contributed by atoms with van der Waals surface area (Å²) in [6.07, 6.45) is 7.83. The number of nitrogens with one attached hydrogen (secondary N) is 1. The lowest BCUT2D eigenvalue weighted by Gasteiger charge is -2.21. The van der Waals surface area contributed by atoms with Crippen LogP contribution in [0, 0.1) is 11.2 Å². The summed E-state index contributed by atoms with van der Waals surface area (Å²) in [5, 5.41) is 3.13. The zero-order chi connectivity index (χ0) is 18.1. The lowest BCUT2D eigenvalue weighted by molar-refractivity contribution is 0.205. The monoisotopic (exact) mass is 356 g/mol. The lowest BCUT2D eigenvalue weighted by Crippen LogP contribution is -2.41. The third-order valence-electron chi connectivity index (χ3n) is 5.76. The van der Waals surface area contributed by atoms with Gasteiger partial charge in [0.2, 0.25) is 0 Å². The van der Waals surface area contributed by atoms with Crippen molar-refractivity contribution in [1.82, 2.24) is 19.8 Å². The minimum absolute atomic E-state index is 0.0205. The van der Waals surface area contributed by atoms with Crippen molar-refractivity contribution in [2.24, 2.45) is 12.5 Å². The van der Waals surface area contributed by atoms with Gasteiger partial charge in [0.05, 0.1) is 0 Å². The topological polar surface area (TPSA) is 50.2 Å². The molecule has 1 aliphatic heterocycles. The first-order valence-electron chi connectivity index (χ1n) is 9.29. The van der Waals surface area contributed by atoms with Gasteiger partial charge in [0, 0.05) is 45.0 Å². The molecule has 0 spiro atoms. The number of amides is 2. The summed E-state index contributed by atoms with van der Waals surface area (Å²) in [4.78, 5) is 18.9. The molecule has 0 radical (unpaired) electrons. The highest BCUT2D eigenvalue weighted by molar-refractivity contribution is 5.74. The Labute approximate surface area is 153 Å². The molecule has 0 bridgehead atoms. The van der Waals surface area contributed by atoms with E-state index in [1.807, 2.05) is 41.0 Å². The van der Waals surface area contributed by atoms with Crippen molar-refractivity contribution in [2.45, 2.75) is 31.6 Å². The van der Waals surface area contributed by atoms with Crippen LogP contribution in [0.1, 0.15) is 36.6 Å². The molecule has 4 rings (SSSR count). The number of carbonyl (C=O) groups is 1. The third kappa shape index (κ3) is 3.59. The van der Waals surface area contributed by atoms with Gasteiger partial charge in [-0.05, 0) is 48.8 Å². The van der Waals surface area contributed by atoms with E-state index in [1.54, 1.807) is 0 Å². The van der Waals surface area contributed by atoms with E-state index in [0.717, 1.165) is 50.2 Å². The highest BCUT2D eigenvalue weighted by Crippen LogP contribution is 2.47. The zero-order valence-electron chi connectivity index (χ0n) is 15.1.